The van der Waals surface area contributed by atoms with Crippen LogP contribution in [0.3, 0.4) is 0 Å². The van der Waals surface area contributed by atoms with Crippen molar-refractivity contribution in [1.29, 1.82) is 0 Å². The number of pyridine rings is 1. The zero-order valence-corrected chi connectivity index (χ0v) is 11.3. The third kappa shape index (κ3) is 1.49. The molecule has 1 aromatic heterocycles. The summed E-state index contributed by atoms with van der Waals surface area (Å²) in [6, 6.07) is 10.9. The van der Waals surface area contributed by atoms with Gasteiger partial charge in [-0.15, -0.1) is 12.4 Å². The fraction of sp³-hybridized carbons (Fsp3) is 0.400. The third-order valence-electron chi connectivity index (χ3n) is 4.50. The topological polar surface area (TPSA) is 16.1 Å². The summed E-state index contributed by atoms with van der Waals surface area (Å²) in [5.74, 6) is 0.873. The molecular weight excluding hydrogens is 244 g/mol. The zero-order valence-electron chi connectivity index (χ0n) is 10.5. The number of likely N-dealkylation sites (N-methyl/N-ethyl adjacent to an activating group) is 1. The molecule has 2 fully saturated rings. The Morgan fingerprint density at radius 2 is 2.17 bits per heavy atom. The van der Waals surface area contributed by atoms with Gasteiger partial charge in [0.15, 0.2) is 0 Å². The molecule has 1 saturated heterocycles. The summed E-state index contributed by atoms with van der Waals surface area (Å²) in [5.41, 5.74) is 3.11. The number of piperidine rings is 1. The number of hydrogen-bond acceptors (Lipinski definition) is 2. The lowest BCUT2D eigenvalue weighted by atomic mass is 9.91. The van der Waals surface area contributed by atoms with Crippen LogP contribution in [0.2, 0.25) is 0 Å². The highest BCUT2D eigenvalue weighted by Crippen LogP contribution is 2.59. The van der Waals surface area contributed by atoms with Crippen molar-refractivity contribution in [3.05, 3.63) is 42.1 Å². The predicted octanol–water partition coefficient (Wildman–Crippen LogP) is 2.86. The molecule has 3 heteroatoms. The number of halogens is 1. The molecule has 2 aromatic rings. The molecular formula is C15H17ClN2. The van der Waals surface area contributed by atoms with Gasteiger partial charge in [-0.1, -0.05) is 18.2 Å². The van der Waals surface area contributed by atoms with Crippen molar-refractivity contribution in [2.75, 3.05) is 20.1 Å². The molecule has 1 aliphatic carbocycles. The Bertz CT molecular complexity index is 593. The highest BCUT2D eigenvalue weighted by Gasteiger charge is 2.60. The molecule has 0 spiro atoms. The maximum absolute atomic E-state index is 4.47. The minimum Gasteiger partial charge on any atom is -0.305 e. The fourth-order valence-corrected chi connectivity index (χ4v) is 3.69. The Morgan fingerprint density at radius 1 is 1.28 bits per heavy atom. The van der Waals surface area contributed by atoms with E-state index in [2.05, 4.69) is 47.3 Å². The first-order chi connectivity index (χ1) is 8.29. The van der Waals surface area contributed by atoms with Crippen LogP contribution in [0.4, 0.5) is 0 Å². The lowest BCUT2D eigenvalue weighted by Gasteiger charge is -2.18. The van der Waals surface area contributed by atoms with E-state index in [1.54, 1.807) is 0 Å². The van der Waals surface area contributed by atoms with E-state index in [0.717, 1.165) is 11.4 Å². The normalized spacial score (nSPS) is 29.9. The van der Waals surface area contributed by atoms with Gasteiger partial charge >= 0.3 is 0 Å². The molecule has 0 N–H and O–H groups in total. The average Bonchev–Trinajstić information content (AvgIpc) is 2.92. The first-order valence-corrected chi connectivity index (χ1v) is 6.32. The Morgan fingerprint density at radius 3 is 2.94 bits per heavy atom. The number of fused-ring (bicyclic) bond motifs is 2. The maximum atomic E-state index is 4.47. The van der Waals surface area contributed by atoms with Crippen LogP contribution in [-0.2, 0) is 5.41 Å². The number of rotatable bonds is 1. The van der Waals surface area contributed by atoms with Crippen LogP contribution in [0, 0.1) is 5.92 Å². The van der Waals surface area contributed by atoms with Gasteiger partial charge in [0.2, 0.25) is 0 Å². The van der Waals surface area contributed by atoms with Gasteiger partial charge in [0.05, 0.1) is 5.52 Å². The van der Waals surface area contributed by atoms with Gasteiger partial charge < -0.3 is 4.90 Å². The molecule has 2 aliphatic rings. The van der Waals surface area contributed by atoms with Crippen LogP contribution in [0.1, 0.15) is 12.0 Å². The average molecular weight is 261 g/mol. The largest absolute Gasteiger partial charge is 0.305 e. The van der Waals surface area contributed by atoms with E-state index in [0.29, 0.717) is 5.41 Å². The Hall–Kier alpha value is -1.12. The lowest BCUT2D eigenvalue weighted by Crippen LogP contribution is -2.22. The summed E-state index contributed by atoms with van der Waals surface area (Å²) < 4.78 is 0. The van der Waals surface area contributed by atoms with Crippen molar-refractivity contribution in [3.8, 4) is 0 Å². The second kappa shape index (κ2) is 3.94. The standard InChI is InChI=1S/C15H16N2.ClH/c1-17-9-11-8-15(11,10-17)13-5-2-6-14-12(13)4-3-7-16-14;/h2-7,11H,8-10H2,1H3;1H. The number of likely N-dealkylation sites (tertiary alicyclic amines) is 1. The number of nitrogens with zero attached hydrogens (tertiary/aromatic N) is 2. The van der Waals surface area contributed by atoms with Gasteiger partial charge in [-0.3, -0.25) is 4.98 Å². The summed E-state index contributed by atoms with van der Waals surface area (Å²) in [5, 5.41) is 1.35. The molecule has 1 saturated carbocycles. The quantitative estimate of drug-likeness (QED) is 0.784. The number of aromatic nitrogens is 1. The SMILES string of the molecule is CN1CC2CC2(c2cccc3ncccc23)C1.Cl. The fourth-order valence-electron chi connectivity index (χ4n) is 3.69. The molecule has 18 heavy (non-hydrogen) atoms. The van der Waals surface area contributed by atoms with Crippen LogP contribution in [-0.4, -0.2) is 30.0 Å². The summed E-state index contributed by atoms with van der Waals surface area (Å²) in [6.45, 7) is 2.47. The molecule has 2 atom stereocenters. The molecule has 0 radical (unpaired) electrons. The van der Waals surface area contributed by atoms with Crippen molar-refractivity contribution in [3.63, 3.8) is 0 Å². The monoisotopic (exact) mass is 260 g/mol. The smallest absolute Gasteiger partial charge is 0.0704 e. The van der Waals surface area contributed by atoms with Crippen LogP contribution >= 0.6 is 12.4 Å². The van der Waals surface area contributed by atoms with E-state index in [9.17, 15) is 0 Å². The van der Waals surface area contributed by atoms with Crippen LogP contribution in [0.5, 0.6) is 0 Å². The molecule has 2 heterocycles. The van der Waals surface area contributed by atoms with E-state index in [-0.39, 0.29) is 12.4 Å². The van der Waals surface area contributed by atoms with Crippen LogP contribution in [0.15, 0.2) is 36.5 Å². The first-order valence-electron chi connectivity index (χ1n) is 6.32. The van der Waals surface area contributed by atoms with Crippen molar-refractivity contribution in [1.82, 2.24) is 9.88 Å². The summed E-state index contributed by atoms with van der Waals surface area (Å²) in [4.78, 5) is 6.93. The second-order valence-electron chi connectivity index (χ2n) is 5.63. The van der Waals surface area contributed by atoms with Crippen molar-refractivity contribution in [2.45, 2.75) is 11.8 Å². The van der Waals surface area contributed by atoms with Crippen LogP contribution < -0.4 is 0 Å². The molecule has 4 rings (SSSR count). The van der Waals surface area contributed by atoms with Gasteiger partial charge in [-0.05, 0) is 37.1 Å². The minimum absolute atomic E-state index is 0. The van der Waals surface area contributed by atoms with Gasteiger partial charge in [-0.25, -0.2) is 0 Å². The maximum Gasteiger partial charge on any atom is 0.0704 e. The summed E-state index contributed by atoms with van der Waals surface area (Å²) >= 11 is 0. The van der Waals surface area contributed by atoms with E-state index in [1.165, 1.54) is 30.5 Å². The van der Waals surface area contributed by atoms with Gasteiger partial charge in [0.1, 0.15) is 0 Å². The number of benzene rings is 1. The minimum atomic E-state index is 0. The second-order valence-corrected chi connectivity index (χ2v) is 5.63. The highest BCUT2D eigenvalue weighted by molar-refractivity contribution is 5.85. The van der Waals surface area contributed by atoms with Gasteiger partial charge in [0.25, 0.3) is 0 Å². The summed E-state index contributed by atoms with van der Waals surface area (Å²) in [7, 11) is 2.23. The zero-order chi connectivity index (χ0) is 11.5. The van der Waals surface area contributed by atoms with Gasteiger partial charge in [0, 0.05) is 30.1 Å². The highest BCUT2D eigenvalue weighted by atomic mass is 35.5. The van der Waals surface area contributed by atoms with E-state index < -0.39 is 0 Å². The summed E-state index contributed by atoms with van der Waals surface area (Å²) in [6.07, 6.45) is 3.25. The van der Waals surface area contributed by atoms with E-state index >= 15 is 0 Å². The Kier molecular flexibility index (Phi) is 2.61. The van der Waals surface area contributed by atoms with Crippen molar-refractivity contribution in [2.24, 2.45) is 5.92 Å². The van der Waals surface area contributed by atoms with E-state index in [1.807, 2.05) is 6.20 Å². The van der Waals surface area contributed by atoms with E-state index in [4.69, 9.17) is 0 Å². The molecule has 2 nitrogen and oxygen atoms in total. The van der Waals surface area contributed by atoms with Gasteiger partial charge in [-0.2, -0.15) is 0 Å². The third-order valence-corrected chi connectivity index (χ3v) is 4.50. The molecule has 94 valence electrons. The Labute approximate surface area is 113 Å². The first kappa shape index (κ1) is 11.9. The van der Waals surface area contributed by atoms with Crippen molar-refractivity contribution >= 4 is 23.3 Å². The molecule has 0 amide bonds. The molecule has 2 unspecified atom stereocenters. The number of hydrogen-bond donors (Lipinski definition) is 0. The van der Waals surface area contributed by atoms with Crippen LogP contribution in [0.25, 0.3) is 10.9 Å². The predicted molar refractivity (Wildman–Crippen MR) is 76.3 cm³/mol. The van der Waals surface area contributed by atoms with Crippen molar-refractivity contribution < 1.29 is 0 Å². The molecule has 0 bridgehead atoms. The molecule has 1 aromatic carbocycles. The molecule has 1 aliphatic heterocycles. The lowest BCUT2D eigenvalue weighted by molar-refractivity contribution is 0.364. The Balaban J connectivity index is 0.000001000.